The maximum absolute atomic E-state index is 13.0. The fourth-order valence-corrected chi connectivity index (χ4v) is 4.38. The van der Waals surface area contributed by atoms with Crippen molar-refractivity contribution in [2.45, 2.75) is 38.4 Å². The molecular formula is C24H25N3O4. The highest BCUT2D eigenvalue weighted by Gasteiger charge is 2.32. The van der Waals surface area contributed by atoms with Crippen molar-refractivity contribution in [3.8, 4) is 5.75 Å². The number of hydrogen-bond donors (Lipinski definition) is 3. The number of aromatic amines is 1. The standard InChI is InChI=1S/C24H25N3O4/c1-14-2-5-19-16(10-14)12-20(25-19)24(30)27-9-8-22(21(28)13-27)31-17-4-6-18-15(11-17)3-7-23(29)26-18/h2,4-6,10-12,21-22,25,28H,3,7-9,13H2,1H3,(H,26,29)/t21-,22-/m1/s1. The molecule has 1 fully saturated rings. The lowest BCUT2D eigenvalue weighted by Crippen LogP contribution is -2.51. The minimum atomic E-state index is -0.778. The number of carbonyl (C=O) groups is 2. The first-order valence-electron chi connectivity index (χ1n) is 10.6. The first-order chi connectivity index (χ1) is 15.0. The second-order valence-electron chi connectivity index (χ2n) is 8.40. The number of hydrogen-bond acceptors (Lipinski definition) is 4. The summed E-state index contributed by atoms with van der Waals surface area (Å²) < 4.78 is 6.05. The maximum Gasteiger partial charge on any atom is 0.270 e. The number of likely N-dealkylation sites (tertiary alicyclic amines) is 1. The summed E-state index contributed by atoms with van der Waals surface area (Å²) in [7, 11) is 0. The Morgan fingerprint density at radius 1 is 1.16 bits per heavy atom. The Balaban J connectivity index is 1.24. The molecule has 0 unspecified atom stereocenters. The molecule has 3 aromatic rings. The molecule has 0 spiro atoms. The molecule has 2 amide bonds. The van der Waals surface area contributed by atoms with Crippen LogP contribution in [0.2, 0.25) is 0 Å². The van der Waals surface area contributed by atoms with E-state index in [0.29, 0.717) is 37.3 Å². The number of nitrogens with zero attached hydrogens (tertiary/aromatic N) is 1. The van der Waals surface area contributed by atoms with Gasteiger partial charge in [0, 0.05) is 36.0 Å². The van der Waals surface area contributed by atoms with Gasteiger partial charge in [-0.15, -0.1) is 0 Å². The Hall–Kier alpha value is -3.32. The molecule has 2 aliphatic rings. The topological polar surface area (TPSA) is 94.7 Å². The Morgan fingerprint density at radius 3 is 2.87 bits per heavy atom. The highest BCUT2D eigenvalue weighted by Crippen LogP contribution is 2.29. The van der Waals surface area contributed by atoms with Gasteiger partial charge in [-0.1, -0.05) is 11.6 Å². The van der Waals surface area contributed by atoms with Crippen LogP contribution in [0, 0.1) is 6.92 Å². The SMILES string of the molecule is Cc1ccc2[nH]c(C(=O)N3CC[C@@H](Oc4ccc5c(c4)CCC(=O)N5)[C@H](O)C3)cc2c1. The van der Waals surface area contributed by atoms with E-state index in [0.717, 1.165) is 27.7 Å². The van der Waals surface area contributed by atoms with Gasteiger partial charge in [-0.25, -0.2) is 0 Å². The molecule has 3 N–H and O–H groups in total. The molecule has 160 valence electrons. The zero-order valence-corrected chi connectivity index (χ0v) is 17.4. The van der Waals surface area contributed by atoms with Crippen LogP contribution in [0.5, 0.6) is 5.75 Å². The molecule has 1 saturated heterocycles. The zero-order chi connectivity index (χ0) is 21.5. The Bertz CT molecular complexity index is 1170. The van der Waals surface area contributed by atoms with E-state index in [1.54, 1.807) is 11.0 Å². The first-order valence-corrected chi connectivity index (χ1v) is 10.6. The van der Waals surface area contributed by atoms with Crippen molar-refractivity contribution in [3.05, 3.63) is 59.3 Å². The number of aromatic nitrogens is 1. The minimum Gasteiger partial charge on any atom is -0.488 e. The number of ether oxygens (including phenoxy) is 1. The number of nitrogens with one attached hydrogen (secondary N) is 2. The lowest BCUT2D eigenvalue weighted by atomic mass is 10.0. The van der Waals surface area contributed by atoms with E-state index in [-0.39, 0.29) is 24.5 Å². The lowest BCUT2D eigenvalue weighted by molar-refractivity contribution is -0.116. The summed E-state index contributed by atoms with van der Waals surface area (Å²) in [5.41, 5.74) is 4.45. The number of benzene rings is 2. The molecule has 2 aliphatic heterocycles. The van der Waals surface area contributed by atoms with Gasteiger partial charge in [0.05, 0.1) is 6.54 Å². The van der Waals surface area contributed by atoms with Crippen molar-refractivity contribution in [3.63, 3.8) is 0 Å². The van der Waals surface area contributed by atoms with Crippen molar-refractivity contribution in [2.75, 3.05) is 18.4 Å². The van der Waals surface area contributed by atoms with Crippen molar-refractivity contribution in [2.24, 2.45) is 0 Å². The molecular weight excluding hydrogens is 394 g/mol. The van der Waals surface area contributed by atoms with Crippen LogP contribution in [0.15, 0.2) is 42.5 Å². The van der Waals surface area contributed by atoms with Crippen molar-refractivity contribution in [1.82, 2.24) is 9.88 Å². The predicted octanol–water partition coefficient (Wildman–Crippen LogP) is 3.02. The second-order valence-corrected chi connectivity index (χ2v) is 8.40. The van der Waals surface area contributed by atoms with Gasteiger partial charge in [-0.2, -0.15) is 0 Å². The average Bonchev–Trinajstić information content (AvgIpc) is 3.18. The maximum atomic E-state index is 13.0. The number of aliphatic hydroxyl groups excluding tert-OH is 1. The zero-order valence-electron chi connectivity index (χ0n) is 17.4. The quantitative estimate of drug-likeness (QED) is 0.608. The predicted molar refractivity (Wildman–Crippen MR) is 117 cm³/mol. The van der Waals surface area contributed by atoms with E-state index < -0.39 is 6.10 Å². The van der Waals surface area contributed by atoms with Gasteiger partial charge in [-0.3, -0.25) is 9.59 Å². The molecule has 7 nitrogen and oxygen atoms in total. The summed E-state index contributed by atoms with van der Waals surface area (Å²) in [4.78, 5) is 29.3. The van der Waals surface area contributed by atoms with Crippen molar-refractivity contribution < 1.29 is 19.4 Å². The molecule has 31 heavy (non-hydrogen) atoms. The third-order valence-corrected chi connectivity index (χ3v) is 6.07. The van der Waals surface area contributed by atoms with Gasteiger partial charge in [-0.05, 0) is 55.3 Å². The lowest BCUT2D eigenvalue weighted by Gasteiger charge is -2.36. The molecule has 2 aromatic carbocycles. The molecule has 2 atom stereocenters. The van der Waals surface area contributed by atoms with E-state index in [4.69, 9.17) is 4.74 Å². The summed E-state index contributed by atoms with van der Waals surface area (Å²) in [6, 6.07) is 13.5. The van der Waals surface area contributed by atoms with Gasteiger partial charge in [0.15, 0.2) is 0 Å². The Morgan fingerprint density at radius 2 is 2.03 bits per heavy atom. The Kier molecular flexibility index (Phi) is 4.90. The van der Waals surface area contributed by atoms with Crippen LogP contribution >= 0.6 is 0 Å². The number of H-pyrrole nitrogens is 1. The van der Waals surface area contributed by atoms with E-state index in [1.165, 1.54) is 0 Å². The van der Waals surface area contributed by atoms with E-state index >= 15 is 0 Å². The third kappa shape index (κ3) is 3.88. The van der Waals surface area contributed by atoms with Crippen molar-refractivity contribution >= 4 is 28.4 Å². The van der Waals surface area contributed by atoms with Gasteiger partial charge >= 0.3 is 0 Å². The molecule has 0 bridgehead atoms. The summed E-state index contributed by atoms with van der Waals surface area (Å²) >= 11 is 0. The smallest absolute Gasteiger partial charge is 0.270 e. The van der Waals surface area contributed by atoms with Gasteiger partial charge < -0.3 is 25.0 Å². The van der Waals surface area contributed by atoms with E-state index in [2.05, 4.69) is 10.3 Å². The number of carbonyl (C=O) groups excluding carboxylic acids is 2. The van der Waals surface area contributed by atoms with Crippen LogP contribution in [0.3, 0.4) is 0 Å². The highest BCUT2D eigenvalue weighted by molar-refractivity contribution is 5.98. The fraction of sp³-hybridized carbons (Fsp3) is 0.333. The van der Waals surface area contributed by atoms with Crippen LogP contribution in [0.25, 0.3) is 10.9 Å². The number of fused-ring (bicyclic) bond motifs is 2. The van der Waals surface area contributed by atoms with Crippen LogP contribution in [0.1, 0.15) is 34.5 Å². The normalized spacial score (nSPS) is 21.0. The first kappa shape index (κ1) is 19.6. The van der Waals surface area contributed by atoms with Gasteiger partial charge in [0.25, 0.3) is 5.91 Å². The fourth-order valence-electron chi connectivity index (χ4n) is 4.38. The number of piperidine rings is 1. The average molecular weight is 419 g/mol. The van der Waals surface area contributed by atoms with Gasteiger partial charge in [0.1, 0.15) is 23.7 Å². The van der Waals surface area contributed by atoms with Crippen LogP contribution in [-0.4, -0.2) is 52.1 Å². The number of rotatable bonds is 3. The second kappa shape index (κ2) is 7.74. The molecule has 5 rings (SSSR count). The monoisotopic (exact) mass is 419 g/mol. The number of amides is 2. The van der Waals surface area contributed by atoms with E-state index in [1.807, 2.05) is 43.3 Å². The largest absolute Gasteiger partial charge is 0.488 e. The number of β-amino-alcohol motifs (C(OH)–C–C–N with tert-alkyl or cyclic N) is 1. The number of aliphatic hydroxyl groups is 1. The summed E-state index contributed by atoms with van der Waals surface area (Å²) in [5.74, 6) is 0.583. The van der Waals surface area contributed by atoms with Crippen LogP contribution in [0.4, 0.5) is 5.69 Å². The molecule has 3 heterocycles. The summed E-state index contributed by atoms with van der Waals surface area (Å²) in [6.07, 6.45) is 0.524. The molecule has 0 aliphatic carbocycles. The van der Waals surface area contributed by atoms with Crippen LogP contribution < -0.4 is 10.1 Å². The number of aryl methyl sites for hydroxylation is 2. The van der Waals surface area contributed by atoms with Crippen LogP contribution in [-0.2, 0) is 11.2 Å². The Labute approximate surface area is 180 Å². The van der Waals surface area contributed by atoms with Gasteiger partial charge in [0.2, 0.25) is 5.91 Å². The van der Waals surface area contributed by atoms with E-state index in [9.17, 15) is 14.7 Å². The molecule has 7 heteroatoms. The molecule has 0 radical (unpaired) electrons. The van der Waals surface area contributed by atoms with Crippen molar-refractivity contribution in [1.29, 1.82) is 0 Å². The highest BCUT2D eigenvalue weighted by atomic mass is 16.5. The number of anilines is 1. The minimum absolute atomic E-state index is 0.0266. The summed E-state index contributed by atoms with van der Waals surface area (Å²) in [6.45, 7) is 2.75. The molecule has 1 aromatic heterocycles. The molecule has 0 saturated carbocycles. The summed E-state index contributed by atoms with van der Waals surface area (Å²) in [5, 5.41) is 14.5. The third-order valence-electron chi connectivity index (χ3n) is 6.07.